The molecule has 2 aromatic carbocycles. The van der Waals surface area contributed by atoms with Gasteiger partial charge in [0.1, 0.15) is 5.75 Å². The van der Waals surface area contributed by atoms with Gasteiger partial charge in [-0.15, -0.1) is 10.2 Å². The third-order valence-corrected chi connectivity index (χ3v) is 7.56. The summed E-state index contributed by atoms with van der Waals surface area (Å²) in [5.74, 6) is 4.66. The average molecular weight is 616 g/mol. The first-order valence-electron chi connectivity index (χ1n) is 13.3. The number of nitrogens with zero attached hydrogens (tertiary/aromatic N) is 4. The third-order valence-electron chi connectivity index (χ3n) is 6.32. The lowest BCUT2D eigenvalue weighted by atomic mass is 10.1. The van der Waals surface area contributed by atoms with E-state index in [9.17, 15) is 31.2 Å². The van der Waals surface area contributed by atoms with Crippen LogP contribution in [0.15, 0.2) is 60.7 Å². The summed E-state index contributed by atoms with van der Waals surface area (Å²) >= 11 is 0. The van der Waals surface area contributed by atoms with Gasteiger partial charge in [-0.25, -0.2) is 13.1 Å². The first kappa shape index (κ1) is 31.3. The number of hydrogen-bond acceptors (Lipinski definition) is 8. The average Bonchev–Trinajstić information content (AvgIpc) is 2.99. The molecule has 3 aromatic rings. The van der Waals surface area contributed by atoms with Crippen molar-refractivity contribution in [2.45, 2.75) is 19.5 Å². The Morgan fingerprint density at radius 1 is 0.977 bits per heavy atom. The Labute approximate surface area is 246 Å². The summed E-state index contributed by atoms with van der Waals surface area (Å²) in [6, 6.07) is 17.2. The number of benzene rings is 2. The van der Waals surface area contributed by atoms with Gasteiger partial charge >= 0.3 is 6.18 Å². The number of alkyl halides is 3. The molecule has 0 radical (unpaired) electrons. The number of amides is 2. The van der Waals surface area contributed by atoms with Crippen LogP contribution in [0.4, 0.5) is 19.0 Å². The van der Waals surface area contributed by atoms with Gasteiger partial charge in [-0.3, -0.25) is 9.59 Å². The summed E-state index contributed by atoms with van der Waals surface area (Å²) in [5, 5.41) is 7.69. The number of aromatic nitrogens is 2. The van der Waals surface area contributed by atoms with Gasteiger partial charge in [0.15, 0.2) is 11.5 Å². The number of sulfonamides is 1. The van der Waals surface area contributed by atoms with Crippen LogP contribution < -0.4 is 14.4 Å². The van der Waals surface area contributed by atoms with Gasteiger partial charge in [0, 0.05) is 37.3 Å². The van der Waals surface area contributed by atoms with E-state index in [1.807, 2.05) is 42.2 Å². The predicted octanol–water partition coefficient (Wildman–Crippen LogP) is 3.25. The number of anilines is 1. The quantitative estimate of drug-likeness (QED) is 0.384. The zero-order valence-corrected chi connectivity index (χ0v) is 23.9. The zero-order valence-electron chi connectivity index (χ0n) is 23.1. The van der Waals surface area contributed by atoms with Crippen LogP contribution in [0.3, 0.4) is 0 Å². The maximum absolute atomic E-state index is 13.4. The molecule has 4 rings (SSSR count). The Bertz CT molecular complexity index is 1630. The van der Waals surface area contributed by atoms with Crippen LogP contribution >= 0.6 is 0 Å². The highest BCUT2D eigenvalue weighted by Crippen LogP contribution is 2.20. The maximum Gasteiger partial charge on any atom is 0.390 e. The largest absolute Gasteiger partial charge is 0.494 e. The van der Waals surface area contributed by atoms with Gasteiger partial charge < -0.3 is 14.5 Å². The van der Waals surface area contributed by atoms with Crippen LogP contribution in [-0.2, 0) is 10.0 Å². The molecule has 2 amide bonds. The van der Waals surface area contributed by atoms with Gasteiger partial charge in [0.05, 0.1) is 24.3 Å². The van der Waals surface area contributed by atoms with E-state index in [0.717, 1.165) is 5.56 Å². The number of carbonyl (C=O) groups is 2. The summed E-state index contributed by atoms with van der Waals surface area (Å²) in [6.07, 6.45) is -6.26. The maximum atomic E-state index is 13.4. The molecule has 14 heteroatoms. The Morgan fingerprint density at radius 3 is 2.40 bits per heavy atom. The van der Waals surface area contributed by atoms with Crippen LogP contribution in [-0.4, -0.2) is 80.0 Å². The molecular weight excluding hydrogens is 587 g/mol. The molecule has 10 nitrogen and oxygen atoms in total. The van der Waals surface area contributed by atoms with E-state index in [-0.39, 0.29) is 11.6 Å². The second kappa shape index (κ2) is 13.6. The lowest BCUT2D eigenvalue weighted by molar-refractivity contribution is -0.130. The molecule has 0 unspecified atom stereocenters. The molecule has 43 heavy (non-hydrogen) atoms. The van der Waals surface area contributed by atoms with Gasteiger partial charge in [0.25, 0.3) is 11.8 Å². The highest BCUT2D eigenvalue weighted by Gasteiger charge is 2.31. The lowest BCUT2D eigenvalue weighted by Gasteiger charge is -2.35. The standard InChI is InChI=1S/C29H28F3N5O5S/c1-2-42-23-8-5-6-21(20-23)10-11-22-7-3-4-9-24(22)28(39)37-17-15-36(16-18-37)26-13-12-25(33-34-26)27(38)35-43(40,41)19-14-29(30,31)32/h3-9,12-13,20H,2,14-19H2,1H3,(H,35,38). The Morgan fingerprint density at radius 2 is 1.72 bits per heavy atom. The SMILES string of the molecule is CCOc1cccc(C#Cc2ccccc2C(=O)N2CCN(c3ccc(C(=O)NS(=O)(=O)CCC(F)(F)F)nn3)CC2)c1. The van der Waals surface area contributed by atoms with E-state index in [2.05, 4.69) is 22.0 Å². The van der Waals surface area contributed by atoms with E-state index in [1.54, 1.807) is 27.8 Å². The van der Waals surface area contributed by atoms with Crippen LogP contribution in [0.1, 0.15) is 45.3 Å². The Kier molecular flexibility index (Phi) is 9.87. The van der Waals surface area contributed by atoms with E-state index in [4.69, 9.17) is 4.74 Å². The summed E-state index contributed by atoms with van der Waals surface area (Å²) in [7, 11) is -4.50. The van der Waals surface area contributed by atoms with Crippen molar-refractivity contribution in [3.8, 4) is 17.6 Å². The fourth-order valence-corrected chi connectivity index (χ4v) is 5.16. The van der Waals surface area contributed by atoms with Crippen molar-refractivity contribution >= 4 is 27.7 Å². The fraction of sp³-hybridized carbons (Fsp3) is 0.310. The number of halogens is 3. The molecule has 1 N–H and O–H groups in total. The van der Waals surface area contributed by atoms with Gasteiger partial charge in [-0.1, -0.05) is 30.0 Å². The van der Waals surface area contributed by atoms with Crippen LogP contribution in [0.25, 0.3) is 0 Å². The minimum absolute atomic E-state index is 0.169. The molecule has 0 bridgehead atoms. The lowest BCUT2D eigenvalue weighted by Crippen LogP contribution is -2.49. The molecule has 1 aromatic heterocycles. The number of rotatable bonds is 8. The van der Waals surface area contributed by atoms with Gasteiger partial charge in [-0.05, 0) is 49.4 Å². The minimum Gasteiger partial charge on any atom is -0.494 e. The smallest absolute Gasteiger partial charge is 0.390 e. The second-order valence-corrected chi connectivity index (χ2v) is 11.3. The Balaban J connectivity index is 1.36. The molecule has 1 saturated heterocycles. The molecule has 1 fully saturated rings. The number of hydrogen-bond donors (Lipinski definition) is 1. The number of piperazine rings is 1. The van der Waals surface area contributed by atoms with Crippen molar-refractivity contribution in [1.82, 2.24) is 19.8 Å². The highest BCUT2D eigenvalue weighted by molar-refractivity contribution is 7.90. The molecule has 226 valence electrons. The van der Waals surface area contributed by atoms with Crippen molar-refractivity contribution in [1.29, 1.82) is 0 Å². The van der Waals surface area contributed by atoms with Crippen molar-refractivity contribution in [2.24, 2.45) is 0 Å². The summed E-state index contributed by atoms with van der Waals surface area (Å²) < 4.78 is 67.6. The molecular formula is C29H28F3N5O5S. The van der Waals surface area contributed by atoms with Gasteiger partial charge in [0.2, 0.25) is 10.0 Å². The van der Waals surface area contributed by atoms with Crippen LogP contribution in [0.2, 0.25) is 0 Å². The van der Waals surface area contributed by atoms with E-state index in [0.29, 0.717) is 55.5 Å². The first-order chi connectivity index (χ1) is 20.4. The molecule has 0 atom stereocenters. The van der Waals surface area contributed by atoms with Crippen molar-refractivity contribution in [3.05, 3.63) is 83.0 Å². The summed E-state index contributed by atoms with van der Waals surface area (Å²) in [5.41, 5.74) is 1.46. The van der Waals surface area contributed by atoms with E-state index in [1.165, 1.54) is 12.1 Å². The normalized spacial score (nSPS) is 13.6. The first-order valence-corrected chi connectivity index (χ1v) is 14.9. The summed E-state index contributed by atoms with van der Waals surface area (Å²) in [4.78, 5) is 29.1. The Hall–Kier alpha value is -4.64. The number of nitrogens with one attached hydrogen (secondary N) is 1. The van der Waals surface area contributed by atoms with Crippen LogP contribution in [0.5, 0.6) is 5.75 Å². The fourth-order valence-electron chi connectivity index (χ4n) is 4.17. The van der Waals surface area contributed by atoms with Crippen molar-refractivity contribution < 1.29 is 35.9 Å². The molecule has 2 heterocycles. The third kappa shape index (κ3) is 8.92. The van der Waals surface area contributed by atoms with Gasteiger partial charge in [-0.2, -0.15) is 13.2 Å². The minimum atomic E-state index is -4.68. The van der Waals surface area contributed by atoms with Crippen molar-refractivity contribution in [3.63, 3.8) is 0 Å². The topological polar surface area (TPSA) is 122 Å². The highest BCUT2D eigenvalue weighted by atomic mass is 32.2. The zero-order chi connectivity index (χ0) is 31.0. The number of ether oxygens (including phenoxy) is 1. The molecule has 1 aliphatic heterocycles. The summed E-state index contributed by atoms with van der Waals surface area (Å²) in [6.45, 7) is 4.01. The number of carbonyl (C=O) groups excluding carboxylic acids is 2. The molecule has 1 aliphatic rings. The van der Waals surface area contributed by atoms with E-state index < -0.39 is 34.3 Å². The molecule has 0 spiro atoms. The van der Waals surface area contributed by atoms with Crippen molar-refractivity contribution in [2.75, 3.05) is 43.4 Å². The second-order valence-electron chi connectivity index (χ2n) is 9.43. The predicted molar refractivity (Wildman–Crippen MR) is 152 cm³/mol. The van der Waals surface area contributed by atoms with Crippen LogP contribution in [0, 0.1) is 11.8 Å². The molecule has 0 saturated carbocycles. The van der Waals surface area contributed by atoms with E-state index >= 15 is 0 Å². The monoisotopic (exact) mass is 615 g/mol. The molecule has 0 aliphatic carbocycles.